The van der Waals surface area contributed by atoms with Crippen LogP contribution in [0.1, 0.15) is 16.1 Å². The van der Waals surface area contributed by atoms with E-state index in [2.05, 4.69) is 15.4 Å². The normalized spacial score (nSPS) is 11.4. The molecule has 1 amide bonds. The molecule has 152 valence electrons. The van der Waals surface area contributed by atoms with Crippen LogP contribution in [0.5, 0.6) is 0 Å². The van der Waals surface area contributed by atoms with Crippen molar-refractivity contribution in [1.82, 2.24) is 14.8 Å². The number of nitrogens with one attached hydrogen (secondary N) is 1. The second kappa shape index (κ2) is 8.19. The summed E-state index contributed by atoms with van der Waals surface area (Å²) in [6.07, 6.45) is 3.57. The molecule has 2 aromatic carbocycles. The van der Waals surface area contributed by atoms with Crippen molar-refractivity contribution < 1.29 is 13.2 Å². The van der Waals surface area contributed by atoms with E-state index in [-0.39, 0.29) is 17.4 Å². The Morgan fingerprint density at radius 2 is 1.83 bits per heavy atom. The summed E-state index contributed by atoms with van der Waals surface area (Å²) in [5.41, 5.74) is 3.11. The van der Waals surface area contributed by atoms with Crippen molar-refractivity contribution in [1.29, 1.82) is 0 Å². The van der Waals surface area contributed by atoms with Crippen LogP contribution in [0.2, 0.25) is 0 Å². The highest BCUT2D eigenvalue weighted by Crippen LogP contribution is 2.24. The van der Waals surface area contributed by atoms with Crippen LogP contribution < -0.4 is 10.5 Å². The fourth-order valence-corrected chi connectivity index (χ4v) is 4.21. The Hall–Kier alpha value is -3.34. The predicted molar refractivity (Wildman–Crippen MR) is 116 cm³/mol. The lowest BCUT2D eigenvalue weighted by Crippen LogP contribution is -2.15. The molecule has 30 heavy (non-hydrogen) atoms. The van der Waals surface area contributed by atoms with Gasteiger partial charge in [0.05, 0.1) is 17.6 Å². The lowest BCUT2D eigenvalue weighted by Gasteiger charge is -2.05. The fourth-order valence-electron chi connectivity index (χ4n) is 2.78. The fraction of sp³-hybridized carbons (Fsp3) is 0.0500. The molecule has 10 heteroatoms. The lowest BCUT2D eigenvalue weighted by atomic mass is 10.2. The third-order valence-corrected chi connectivity index (χ3v) is 5.79. The summed E-state index contributed by atoms with van der Waals surface area (Å²) >= 11 is 1.35. The molecule has 0 saturated carbocycles. The highest BCUT2D eigenvalue weighted by atomic mass is 32.2. The number of hydrogen-bond donors (Lipinski definition) is 2. The van der Waals surface area contributed by atoms with Gasteiger partial charge in [-0.3, -0.25) is 4.79 Å². The maximum Gasteiger partial charge on any atom is 0.275 e. The first-order chi connectivity index (χ1) is 14.4. The van der Waals surface area contributed by atoms with Gasteiger partial charge >= 0.3 is 0 Å². The largest absolute Gasteiger partial charge is 0.321 e. The van der Waals surface area contributed by atoms with E-state index in [0.29, 0.717) is 16.3 Å². The number of primary sulfonamides is 1. The summed E-state index contributed by atoms with van der Waals surface area (Å²) in [5.74, 6) is -0.611. The minimum Gasteiger partial charge on any atom is -0.321 e. The number of carbonyl (C=O) groups excluding carboxylic acids is 1. The zero-order valence-electron chi connectivity index (χ0n) is 15.6. The average Bonchev–Trinajstić information content (AvgIpc) is 3.39. The number of sulfonamides is 1. The maximum absolute atomic E-state index is 12.5. The van der Waals surface area contributed by atoms with Crippen LogP contribution >= 0.6 is 11.3 Å². The van der Waals surface area contributed by atoms with Gasteiger partial charge in [0.15, 0.2) is 0 Å². The number of para-hydroxylation sites is 1. The Morgan fingerprint density at radius 1 is 1.10 bits per heavy atom. The first-order valence-electron chi connectivity index (χ1n) is 8.84. The summed E-state index contributed by atoms with van der Waals surface area (Å²) < 4.78 is 24.0. The molecule has 0 bridgehead atoms. The number of hydrogen-bond acceptors (Lipinski definition) is 6. The van der Waals surface area contributed by atoms with E-state index >= 15 is 0 Å². The first kappa shape index (κ1) is 20.0. The quantitative estimate of drug-likeness (QED) is 0.478. The average molecular weight is 440 g/mol. The molecule has 0 aliphatic heterocycles. The van der Waals surface area contributed by atoms with E-state index in [1.807, 2.05) is 36.5 Å². The predicted octanol–water partition coefficient (Wildman–Crippen LogP) is 3.04. The number of nitrogens with zero attached hydrogens (tertiary/aromatic N) is 3. The van der Waals surface area contributed by atoms with Crippen molar-refractivity contribution in [3.63, 3.8) is 0 Å². The summed E-state index contributed by atoms with van der Waals surface area (Å²) in [7, 11) is -3.60. The smallest absolute Gasteiger partial charge is 0.275 e. The molecule has 0 aliphatic carbocycles. The number of rotatable bonds is 6. The molecule has 0 atom stereocenters. The number of anilines is 1. The maximum atomic E-state index is 12.5. The number of carbonyl (C=O) groups is 1. The van der Waals surface area contributed by atoms with Gasteiger partial charge in [-0.2, -0.15) is 5.10 Å². The van der Waals surface area contributed by atoms with Crippen molar-refractivity contribution in [2.45, 2.75) is 5.75 Å². The SMILES string of the molecule is NS(=O)(=O)Cc1ccc(NC(=O)c2csc(-c3cnn(-c4ccccc4)c3)n2)cc1. The Balaban J connectivity index is 1.45. The molecule has 0 radical (unpaired) electrons. The minimum absolute atomic E-state index is 0.257. The molecule has 0 saturated heterocycles. The molecule has 0 aliphatic rings. The summed E-state index contributed by atoms with van der Waals surface area (Å²) in [6, 6.07) is 16.2. The molecule has 0 unspecified atom stereocenters. The van der Waals surface area contributed by atoms with Gasteiger partial charge in [-0.25, -0.2) is 23.2 Å². The van der Waals surface area contributed by atoms with Gasteiger partial charge in [-0.05, 0) is 29.8 Å². The highest BCUT2D eigenvalue weighted by molar-refractivity contribution is 7.88. The molecule has 0 fully saturated rings. The van der Waals surface area contributed by atoms with Crippen molar-refractivity contribution in [3.8, 4) is 16.3 Å². The molecular formula is C20H17N5O3S2. The zero-order chi connectivity index (χ0) is 21.1. The van der Waals surface area contributed by atoms with E-state index < -0.39 is 10.0 Å². The van der Waals surface area contributed by atoms with Crippen LogP contribution in [0, 0.1) is 0 Å². The number of thiazole rings is 1. The molecule has 2 aromatic heterocycles. The Bertz CT molecular complexity index is 1280. The third kappa shape index (κ3) is 4.79. The van der Waals surface area contributed by atoms with Crippen molar-refractivity contribution in [2.24, 2.45) is 5.14 Å². The second-order valence-corrected chi connectivity index (χ2v) is 8.98. The summed E-state index contributed by atoms with van der Waals surface area (Å²) in [6.45, 7) is 0. The van der Waals surface area contributed by atoms with Crippen LogP contribution in [0.15, 0.2) is 72.4 Å². The number of aromatic nitrogens is 3. The van der Waals surface area contributed by atoms with Crippen LogP contribution in [0.4, 0.5) is 5.69 Å². The highest BCUT2D eigenvalue weighted by Gasteiger charge is 2.14. The van der Waals surface area contributed by atoms with Crippen LogP contribution in [-0.2, 0) is 15.8 Å². The topological polar surface area (TPSA) is 120 Å². The molecule has 0 spiro atoms. The molecule has 3 N–H and O–H groups in total. The monoisotopic (exact) mass is 439 g/mol. The standard InChI is InChI=1S/C20H17N5O3S2/c21-30(27,28)13-14-6-8-16(9-7-14)23-19(26)18-12-29-20(24-18)15-10-22-25(11-15)17-4-2-1-3-5-17/h1-12H,13H2,(H,23,26)(H2,21,27,28). The molecule has 4 rings (SSSR count). The van der Waals surface area contributed by atoms with Gasteiger partial charge in [-0.15, -0.1) is 11.3 Å². The molecular weight excluding hydrogens is 422 g/mol. The van der Waals surface area contributed by atoms with Crippen molar-refractivity contribution in [3.05, 3.63) is 83.6 Å². The molecule has 4 aromatic rings. The zero-order valence-corrected chi connectivity index (χ0v) is 17.2. The Morgan fingerprint density at radius 3 is 2.53 bits per heavy atom. The van der Waals surface area contributed by atoms with Crippen LogP contribution in [0.25, 0.3) is 16.3 Å². The third-order valence-electron chi connectivity index (χ3n) is 4.17. The van der Waals surface area contributed by atoms with Crippen LogP contribution in [0.3, 0.4) is 0 Å². The van der Waals surface area contributed by atoms with Crippen molar-refractivity contribution >= 4 is 33.0 Å². The Kier molecular flexibility index (Phi) is 5.44. The minimum atomic E-state index is -3.60. The van der Waals surface area contributed by atoms with Crippen molar-refractivity contribution in [2.75, 3.05) is 5.32 Å². The van der Waals surface area contributed by atoms with E-state index in [1.54, 1.807) is 40.5 Å². The van der Waals surface area contributed by atoms with Gasteiger partial charge in [0.2, 0.25) is 10.0 Å². The lowest BCUT2D eigenvalue weighted by molar-refractivity contribution is 0.102. The van der Waals surface area contributed by atoms with Gasteiger partial charge in [0.1, 0.15) is 10.7 Å². The van der Waals surface area contributed by atoms with Gasteiger partial charge in [0, 0.05) is 22.8 Å². The van der Waals surface area contributed by atoms with Crippen LogP contribution in [-0.4, -0.2) is 29.1 Å². The second-order valence-electron chi connectivity index (χ2n) is 6.51. The summed E-state index contributed by atoms with van der Waals surface area (Å²) in [4.78, 5) is 16.9. The first-order valence-corrected chi connectivity index (χ1v) is 11.4. The van der Waals surface area contributed by atoms with Gasteiger partial charge < -0.3 is 5.32 Å². The van der Waals surface area contributed by atoms with E-state index in [0.717, 1.165) is 11.3 Å². The van der Waals surface area contributed by atoms with E-state index in [9.17, 15) is 13.2 Å². The Labute approximate surface area is 177 Å². The number of amides is 1. The van der Waals surface area contributed by atoms with Gasteiger partial charge in [-0.1, -0.05) is 30.3 Å². The number of nitrogens with two attached hydrogens (primary N) is 1. The number of benzene rings is 2. The van der Waals surface area contributed by atoms with E-state index in [4.69, 9.17) is 5.14 Å². The summed E-state index contributed by atoms with van der Waals surface area (Å²) in [5, 5.41) is 14.5. The van der Waals surface area contributed by atoms with E-state index in [1.165, 1.54) is 11.3 Å². The van der Waals surface area contributed by atoms with Gasteiger partial charge in [0.25, 0.3) is 5.91 Å². The molecule has 8 nitrogen and oxygen atoms in total. The molecule has 2 heterocycles.